The molecule has 0 aliphatic carbocycles. The first kappa shape index (κ1) is 10.1. The summed E-state index contributed by atoms with van der Waals surface area (Å²) in [6.45, 7) is 4.00. The molecular weight excluding hydrogens is 204 g/mol. The average molecular weight is 216 g/mol. The van der Waals surface area contributed by atoms with Crippen molar-refractivity contribution in [2.24, 2.45) is 0 Å². The molecule has 2 nitrogen and oxygen atoms in total. The minimum Gasteiger partial charge on any atom is -0.243 e. The molecular formula is C12H12N2S. The Labute approximate surface area is 92.6 Å². The molecule has 0 atom stereocenters. The van der Waals surface area contributed by atoms with Crippen molar-refractivity contribution >= 4 is 31.6 Å². The van der Waals surface area contributed by atoms with Crippen LogP contribution in [0.2, 0.25) is 0 Å². The van der Waals surface area contributed by atoms with Crippen LogP contribution in [0.15, 0.2) is 36.8 Å². The van der Waals surface area contributed by atoms with E-state index in [0.717, 1.165) is 10.2 Å². The number of rotatable bonds is 0. The zero-order chi connectivity index (χ0) is 10.7. The molecule has 0 bridgehead atoms. The second-order valence-electron chi connectivity index (χ2n) is 2.83. The fourth-order valence-corrected chi connectivity index (χ4v) is 2.49. The van der Waals surface area contributed by atoms with Crippen molar-refractivity contribution in [1.29, 1.82) is 0 Å². The topological polar surface area (TPSA) is 25.8 Å². The van der Waals surface area contributed by atoms with E-state index in [1.807, 2.05) is 32.2 Å². The van der Waals surface area contributed by atoms with Gasteiger partial charge in [0.2, 0.25) is 0 Å². The highest BCUT2D eigenvalue weighted by molar-refractivity contribution is 7.25. The van der Waals surface area contributed by atoms with Crippen molar-refractivity contribution in [2.45, 2.75) is 13.8 Å². The van der Waals surface area contributed by atoms with E-state index in [-0.39, 0.29) is 0 Å². The van der Waals surface area contributed by atoms with E-state index in [9.17, 15) is 0 Å². The predicted octanol–water partition coefficient (Wildman–Crippen LogP) is 3.87. The molecule has 0 aliphatic heterocycles. The molecule has 0 N–H and O–H groups in total. The summed E-state index contributed by atoms with van der Waals surface area (Å²) >= 11 is 1.74. The first-order valence-corrected chi connectivity index (χ1v) is 5.84. The number of nitrogens with zero attached hydrogens (tertiary/aromatic N) is 2. The van der Waals surface area contributed by atoms with E-state index in [1.54, 1.807) is 17.7 Å². The van der Waals surface area contributed by atoms with Crippen LogP contribution in [-0.4, -0.2) is 9.97 Å². The molecule has 3 rings (SSSR count). The Hall–Kier alpha value is -1.48. The van der Waals surface area contributed by atoms with Crippen LogP contribution in [0.3, 0.4) is 0 Å². The lowest BCUT2D eigenvalue weighted by Crippen LogP contribution is -1.74. The van der Waals surface area contributed by atoms with Gasteiger partial charge in [0.05, 0.1) is 10.2 Å². The number of benzene rings is 1. The normalized spacial score (nSPS) is 10.0. The summed E-state index contributed by atoms with van der Waals surface area (Å²) in [4.78, 5) is 8.28. The van der Waals surface area contributed by atoms with Crippen molar-refractivity contribution in [3.63, 3.8) is 0 Å². The van der Waals surface area contributed by atoms with Crippen LogP contribution in [0.1, 0.15) is 13.8 Å². The van der Waals surface area contributed by atoms with Gasteiger partial charge in [-0.2, -0.15) is 0 Å². The van der Waals surface area contributed by atoms with Crippen molar-refractivity contribution < 1.29 is 0 Å². The molecule has 0 fully saturated rings. The summed E-state index contributed by atoms with van der Waals surface area (Å²) in [7, 11) is 0. The molecule has 76 valence electrons. The molecule has 0 amide bonds. The van der Waals surface area contributed by atoms with Crippen LogP contribution in [0, 0.1) is 0 Å². The average Bonchev–Trinajstić information content (AvgIpc) is 2.70. The molecule has 3 aromatic rings. The second kappa shape index (κ2) is 4.36. The van der Waals surface area contributed by atoms with Gasteiger partial charge >= 0.3 is 0 Å². The molecule has 3 heteroatoms. The number of hydrogen-bond acceptors (Lipinski definition) is 3. The van der Waals surface area contributed by atoms with Crippen molar-refractivity contribution in [3.05, 3.63) is 36.8 Å². The highest BCUT2D eigenvalue weighted by atomic mass is 32.1. The second-order valence-corrected chi connectivity index (χ2v) is 3.92. The van der Waals surface area contributed by atoms with E-state index >= 15 is 0 Å². The van der Waals surface area contributed by atoms with Crippen LogP contribution in [0.5, 0.6) is 0 Å². The summed E-state index contributed by atoms with van der Waals surface area (Å²) in [5.74, 6) is 0. The highest BCUT2D eigenvalue weighted by Crippen LogP contribution is 2.30. The molecule has 0 radical (unpaired) electrons. The maximum atomic E-state index is 4.27. The summed E-state index contributed by atoms with van der Waals surface area (Å²) in [5.41, 5.74) is 1.07. The van der Waals surface area contributed by atoms with Gasteiger partial charge in [0, 0.05) is 16.3 Å². The Morgan fingerprint density at radius 1 is 1.07 bits per heavy atom. The highest BCUT2D eigenvalue weighted by Gasteiger charge is 2.03. The lowest BCUT2D eigenvalue weighted by molar-refractivity contribution is 1.23. The van der Waals surface area contributed by atoms with Gasteiger partial charge in [-0.15, -0.1) is 11.3 Å². The first-order valence-electron chi connectivity index (χ1n) is 5.02. The Morgan fingerprint density at radius 3 is 2.73 bits per heavy atom. The number of thiophene rings is 1. The molecule has 0 saturated heterocycles. The molecule has 2 aromatic heterocycles. The fourth-order valence-electron chi connectivity index (χ4n) is 1.46. The SMILES string of the molecule is CC.c1ccc2c(c1)sc1cncnc12. The van der Waals surface area contributed by atoms with Crippen molar-refractivity contribution in [1.82, 2.24) is 9.97 Å². The Bertz CT molecular complexity index is 521. The quantitative estimate of drug-likeness (QED) is 0.570. The molecule has 2 heterocycles. The van der Waals surface area contributed by atoms with E-state index in [1.165, 1.54) is 10.1 Å². The molecule has 0 aliphatic rings. The van der Waals surface area contributed by atoms with Crippen LogP contribution in [-0.2, 0) is 0 Å². The van der Waals surface area contributed by atoms with Gasteiger partial charge in [0.25, 0.3) is 0 Å². The number of aromatic nitrogens is 2. The lowest BCUT2D eigenvalue weighted by atomic mass is 10.2. The molecule has 1 aromatic carbocycles. The van der Waals surface area contributed by atoms with Crippen molar-refractivity contribution in [3.8, 4) is 0 Å². The maximum absolute atomic E-state index is 4.27. The minimum absolute atomic E-state index is 1.07. The van der Waals surface area contributed by atoms with E-state index in [4.69, 9.17) is 0 Å². The van der Waals surface area contributed by atoms with Gasteiger partial charge in [0.1, 0.15) is 6.33 Å². The Kier molecular flexibility index (Phi) is 2.92. The van der Waals surface area contributed by atoms with E-state index in [0.29, 0.717) is 0 Å². The Balaban J connectivity index is 0.000000404. The zero-order valence-electron chi connectivity index (χ0n) is 8.77. The van der Waals surface area contributed by atoms with Crippen LogP contribution in [0.4, 0.5) is 0 Å². The smallest absolute Gasteiger partial charge is 0.116 e. The summed E-state index contributed by atoms with van der Waals surface area (Å²) < 4.78 is 2.43. The lowest BCUT2D eigenvalue weighted by Gasteiger charge is -1.86. The summed E-state index contributed by atoms with van der Waals surface area (Å²) in [6, 6.07) is 8.30. The maximum Gasteiger partial charge on any atom is 0.116 e. The van der Waals surface area contributed by atoms with Gasteiger partial charge in [-0.3, -0.25) is 0 Å². The van der Waals surface area contributed by atoms with Gasteiger partial charge in [-0.1, -0.05) is 32.0 Å². The summed E-state index contributed by atoms with van der Waals surface area (Å²) in [5, 5.41) is 1.23. The zero-order valence-corrected chi connectivity index (χ0v) is 9.58. The van der Waals surface area contributed by atoms with Crippen molar-refractivity contribution in [2.75, 3.05) is 0 Å². The number of hydrogen-bond donors (Lipinski definition) is 0. The van der Waals surface area contributed by atoms with E-state index in [2.05, 4.69) is 22.1 Å². The van der Waals surface area contributed by atoms with Gasteiger partial charge in [0.15, 0.2) is 0 Å². The summed E-state index contributed by atoms with van der Waals surface area (Å²) in [6.07, 6.45) is 3.47. The van der Waals surface area contributed by atoms with Crippen LogP contribution in [0.25, 0.3) is 20.3 Å². The fraction of sp³-hybridized carbons (Fsp3) is 0.167. The van der Waals surface area contributed by atoms with Crippen LogP contribution >= 0.6 is 11.3 Å². The van der Waals surface area contributed by atoms with Gasteiger partial charge < -0.3 is 0 Å². The van der Waals surface area contributed by atoms with Crippen LogP contribution < -0.4 is 0 Å². The van der Waals surface area contributed by atoms with Gasteiger partial charge in [-0.05, 0) is 6.07 Å². The molecule has 0 unspecified atom stereocenters. The largest absolute Gasteiger partial charge is 0.243 e. The molecule has 0 saturated carbocycles. The van der Waals surface area contributed by atoms with E-state index < -0.39 is 0 Å². The number of fused-ring (bicyclic) bond motifs is 3. The third-order valence-corrected chi connectivity index (χ3v) is 3.14. The Morgan fingerprint density at radius 2 is 1.87 bits per heavy atom. The molecule has 0 spiro atoms. The monoisotopic (exact) mass is 216 g/mol. The minimum atomic E-state index is 1.07. The standard InChI is InChI=1S/C10H6N2S.C2H6/c1-2-4-8-7(3-1)10-9(13-8)5-11-6-12-10;1-2/h1-6H;1-2H3. The third kappa shape index (κ3) is 1.70. The third-order valence-electron chi connectivity index (χ3n) is 2.04. The first-order chi connectivity index (χ1) is 7.45. The van der Waals surface area contributed by atoms with Gasteiger partial charge in [-0.25, -0.2) is 9.97 Å². The molecule has 15 heavy (non-hydrogen) atoms. The predicted molar refractivity (Wildman–Crippen MR) is 66.3 cm³/mol.